The number of aromatic nitrogens is 4. The smallest absolute Gasteiger partial charge is 0.302 e. The molecule has 0 saturated carbocycles. The highest BCUT2D eigenvalue weighted by atomic mass is 16.4. The second-order valence-corrected chi connectivity index (χ2v) is 5.94. The molecule has 4 aromatic heterocycles. The highest BCUT2D eigenvalue weighted by Crippen LogP contribution is 2.31. The third-order valence-electron chi connectivity index (χ3n) is 4.24. The first-order chi connectivity index (χ1) is 13.2. The Morgan fingerprint density at radius 3 is 3.04 bits per heavy atom. The predicted molar refractivity (Wildman–Crippen MR) is 103 cm³/mol. The summed E-state index contributed by atoms with van der Waals surface area (Å²) < 4.78 is 5.30. The standard InChI is InChI=1S/C20H17N5O2/c1-3-14-7-12(5-6-21-14)16-10-23-19-15(16)8-13(9-22-19)17-11-27-20(24-17)25-18(26)4-2/h4-11H,2-3H2,1H3,(H,22,23)(H,24,25,26). The number of hydrogen-bond donors (Lipinski definition) is 2. The van der Waals surface area contributed by atoms with E-state index in [0.717, 1.165) is 45.9 Å². The lowest BCUT2D eigenvalue weighted by Crippen LogP contribution is -2.07. The van der Waals surface area contributed by atoms with E-state index in [4.69, 9.17) is 4.42 Å². The Balaban J connectivity index is 1.74. The van der Waals surface area contributed by atoms with E-state index in [-0.39, 0.29) is 11.9 Å². The number of nitrogens with zero attached hydrogens (tertiary/aromatic N) is 3. The zero-order valence-corrected chi connectivity index (χ0v) is 14.7. The number of anilines is 1. The van der Waals surface area contributed by atoms with Gasteiger partial charge in [-0.2, -0.15) is 4.98 Å². The number of fused-ring (bicyclic) bond motifs is 1. The summed E-state index contributed by atoms with van der Waals surface area (Å²) in [4.78, 5) is 27.7. The van der Waals surface area contributed by atoms with Gasteiger partial charge in [0.2, 0.25) is 0 Å². The van der Waals surface area contributed by atoms with E-state index in [1.807, 2.05) is 24.5 Å². The van der Waals surface area contributed by atoms with Crippen molar-refractivity contribution in [1.29, 1.82) is 0 Å². The van der Waals surface area contributed by atoms with Gasteiger partial charge in [0.25, 0.3) is 5.91 Å². The molecule has 0 fully saturated rings. The van der Waals surface area contributed by atoms with Gasteiger partial charge in [-0.05, 0) is 36.3 Å². The quantitative estimate of drug-likeness (QED) is 0.526. The normalized spacial score (nSPS) is 10.9. The van der Waals surface area contributed by atoms with Crippen LogP contribution in [0.3, 0.4) is 0 Å². The number of aromatic amines is 1. The van der Waals surface area contributed by atoms with Gasteiger partial charge in [0.15, 0.2) is 0 Å². The van der Waals surface area contributed by atoms with E-state index in [2.05, 4.69) is 44.8 Å². The fraction of sp³-hybridized carbons (Fsp3) is 0.100. The van der Waals surface area contributed by atoms with Crippen LogP contribution < -0.4 is 5.32 Å². The second-order valence-electron chi connectivity index (χ2n) is 5.94. The topological polar surface area (TPSA) is 96.7 Å². The summed E-state index contributed by atoms with van der Waals surface area (Å²) in [5.41, 5.74) is 5.31. The van der Waals surface area contributed by atoms with Gasteiger partial charge in [0.1, 0.15) is 17.6 Å². The number of nitrogens with one attached hydrogen (secondary N) is 2. The van der Waals surface area contributed by atoms with Crippen LogP contribution in [0.1, 0.15) is 12.6 Å². The van der Waals surface area contributed by atoms with Crippen LogP contribution in [-0.4, -0.2) is 25.8 Å². The first-order valence-electron chi connectivity index (χ1n) is 8.49. The van der Waals surface area contributed by atoms with E-state index < -0.39 is 0 Å². The molecule has 134 valence electrons. The van der Waals surface area contributed by atoms with Gasteiger partial charge in [-0.15, -0.1) is 0 Å². The molecule has 0 radical (unpaired) electrons. The Morgan fingerprint density at radius 1 is 1.33 bits per heavy atom. The minimum absolute atomic E-state index is 0.117. The van der Waals surface area contributed by atoms with Crippen molar-refractivity contribution in [1.82, 2.24) is 19.9 Å². The number of carbonyl (C=O) groups excluding carboxylic acids is 1. The highest BCUT2D eigenvalue weighted by Gasteiger charge is 2.13. The third kappa shape index (κ3) is 3.22. The van der Waals surface area contributed by atoms with Crippen molar-refractivity contribution in [2.24, 2.45) is 0 Å². The van der Waals surface area contributed by atoms with E-state index in [9.17, 15) is 4.79 Å². The third-order valence-corrected chi connectivity index (χ3v) is 4.24. The lowest BCUT2D eigenvalue weighted by molar-refractivity contribution is -0.112. The molecular formula is C20H17N5O2. The molecule has 0 aromatic carbocycles. The number of carbonyl (C=O) groups is 1. The van der Waals surface area contributed by atoms with E-state index in [1.165, 1.54) is 6.26 Å². The molecule has 0 saturated heterocycles. The van der Waals surface area contributed by atoms with Crippen LogP contribution in [0.5, 0.6) is 0 Å². The zero-order chi connectivity index (χ0) is 18.8. The Hall–Kier alpha value is -3.74. The van der Waals surface area contributed by atoms with Crippen LogP contribution >= 0.6 is 0 Å². The van der Waals surface area contributed by atoms with Crippen LogP contribution in [0.4, 0.5) is 6.01 Å². The van der Waals surface area contributed by atoms with Crippen LogP contribution in [-0.2, 0) is 11.2 Å². The fourth-order valence-electron chi connectivity index (χ4n) is 2.84. The van der Waals surface area contributed by atoms with Crippen molar-refractivity contribution < 1.29 is 9.21 Å². The van der Waals surface area contributed by atoms with Gasteiger partial charge in [-0.1, -0.05) is 13.5 Å². The molecule has 0 spiro atoms. The molecule has 0 aliphatic carbocycles. The SMILES string of the molecule is C=CC(=O)Nc1nc(-c2cnc3[nH]cc(-c4ccnc(CC)c4)c3c2)co1. The zero-order valence-electron chi connectivity index (χ0n) is 14.7. The largest absolute Gasteiger partial charge is 0.431 e. The van der Waals surface area contributed by atoms with Crippen molar-refractivity contribution in [2.45, 2.75) is 13.3 Å². The van der Waals surface area contributed by atoms with Gasteiger partial charge < -0.3 is 9.40 Å². The maximum Gasteiger partial charge on any atom is 0.302 e. The summed E-state index contributed by atoms with van der Waals surface area (Å²) >= 11 is 0. The molecular weight excluding hydrogens is 342 g/mol. The number of H-pyrrole nitrogens is 1. The number of rotatable bonds is 5. The molecule has 4 aromatic rings. The molecule has 0 aliphatic heterocycles. The lowest BCUT2D eigenvalue weighted by Gasteiger charge is -2.03. The summed E-state index contributed by atoms with van der Waals surface area (Å²) in [6.07, 6.45) is 8.98. The molecule has 1 amide bonds. The maximum absolute atomic E-state index is 11.4. The van der Waals surface area contributed by atoms with Crippen molar-refractivity contribution >= 4 is 23.0 Å². The van der Waals surface area contributed by atoms with Crippen LogP contribution in [0.2, 0.25) is 0 Å². The fourth-order valence-corrected chi connectivity index (χ4v) is 2.84. The molecule has 7 nitrogen and oxygen atoms in total. The van der Waals surface area contributed by atoms with Crippen LogP contribution in [0, 0.1) is 0 Å². The van der Waals surface area contributed by atoms with Crippen LogP contribution in [0.25, 0.3) is 33.4 Å². The lowest BCUT2D eigenvalue weighted by atomic mass is 10.0. The highest BCUT2D eigenvalue weighted by molar-refractivity contribution is 5.98. The second kappa shape index (κ2) is 6.87. The van der Waals surface area contributed by atoms with E-state index in [0.29, 0.717) is 5.69 Å². The minimum atomic E-state index is -0.380. The van der Waals surface area contributed by atoms with Crippen molar-refractivity contribution in [3.05, 3.63) is 61.4 Å². The first-order valence-corrected chi connectivity index (χ1v) is 8.49. The molecule has 27 heavy (non-hydrogen) atoms. The monoisotopic (exact) mass is 359 g/mol. The molecule has 0 atom stereocenters. The average Bonchev–Trinajstić information content (AvgIpc) is 3.34. The number of oxazole rings is 1. The Kier molecular flexibility index (Phi) is 4.25. The summed E-state index contributed by atoms with van der Waals surface area (Å²) in [7, 11) is 0. The summed E-state index contributed by atoms with van der Waals surface area (Å²) in [6, 6.07) is 6.17. The van der Waals surface area contributed by atoms with Gasteiger partial charge >= 0.3 is 6.01 Å². The average molecular weight is 359 g/mol. The molecule has 4 heterocycles. The number of amides is 1. The predicted octanol–water partition coefficient (Wildman–Crippen LogP) is 3.97. The molecule has 0 unspecified atom stereocenters. The number of pyridine rings is 2. The van der Waals surface area contributed by atoms with E-state index in [1.54, 1.807) is 6.20 Å². The Labute approximate surface area is 155 Å². The van der Waals surface area contributed by atoms with Gasteiger partial charge in [0.05, 0.1) is 0 Å². The summed E-state index contributed by atoms with van der Waals surface area (Å²) in [5, 5.41) is 3.47. The molecule has 0 bridgehead atoms. The molecule has 2 N–H and O–H groups in total. The minimum Gasteiger partial charge on any atom is -0.431 e. The van der Waals surface area contributed by atoms with Gasteiger partial charge in [0, 0.05) is 40.8 Å². The van der Waals surface area contributed by atoms with E-state index >= 15 is 0 Å². The van der Waals surface area contributed by atoms with Crippen molar-refractivity contribution in [3.8, 4) is 22.4 Å². The maximum atomic E-state index is 11.4. The van der Waals surface area contributed by atoms with Gasteiger partial charge in [-0.25, -0.2) is 4.98 Å². The number of aryl methyl sites for hydroxylation is 1. The van der Waals surface area contributed by atoms with Gasteiger partial charge in [-0.3, -0.25) is 15.1 Å². The summed E-state index contributed by atoms with van der Waals surface area (Å²) in [6.45, 7) is 5.48. The molecule has 7 heteroatoms. The molecule has 4 rings (SSSR count). The van der Waals surface area contributed by atoms with Crippen molar-refractivity contribution in [2.75, 3.05) is 5.32 Å². The van der Waals surface area contributed by atoms with Crippen molar-refractivity contribution in [3.63, 3.8) is 0 Å². The summed E-state index contributed by atoms with van der Waals surface area (Å²) in [5.74, 6) is -0.380. The Morgan fingerprint density at radius 2 is 2.22 bits per heavy atom. The molecule has 0 aliphatic rings. The number of hydrogen-bond acceptors (Lipinski definition) is 5. The first kappa shape index (κ1) is 16.7. The van der Waals surface area contributed by atoms with Crippen LogP contribution in [0.15, 0.2) is 60.1 Å². The Bertz CT molecular complexity index is 1140.